The van der Waals surface area contributed by atoms with E-state index in [9.17, 15) is 13.2 Å². The number of nitrogens with zero attached hydrogens (tertiary/aromatic N) is 1. The van der Waals surface area contributed by atoms with Crippen LogP contribution in [-0.4, -0.2) is 31.9 Å². The smallest absolute Gasteiger partial charge is 0.237 e. The van der Waals surface area contributed by atoms with E-state index in [4.69, 9.17) is 0 Å². The molecule has 0 radical (unpaired) electrons. The van der Waals surface area contributed by atoms with Gasteiger partial charge in [-0.3, -0.25) is 4.79 Å². The molecule has 6 heteroatoms. The van der Waals surface area contributed by atoms with Crippen LogP contribution in [0.25, 0.3) is 0 Å². The van der Waals surface area contributed by atoms with Gasteiger partial charge in [0.2, 0.25) is 5.91 Å². The number of hydrogen-bond acceptors (Lipinski definition) is 4. The molecule has 1 aliphatic rings. The fourth-order valence-corrected chi connectivity index (χ4v) is 5.12. The zero-order valence-electron chi connectivity index (χ0n) is 16.3. The summed E-state index contributed by atoms with van der Waals surface area (Å²) in [5.74, 6) is 0.0649. The van der Waals surface area contributed by atoms with Crippen LogP contribution in [0, 0.1) is 0 Å². The van der Waals surface area contributed by atoms with Gasteiger partial charge in [0.1, 0.15) is 0 Å². The Morgan fingerprint density at radius 1 is 1.07 bits per heavy atom. The molecule has 3 rings (SSSR count). The van der Waals surface area contributed by atoms with Crippen molar-refractivity contribution in [3.8, 4) is 0 Å². The third-order valence-electron chi connectivity index (χ3n) is 4.63. The molecule has 0 fully saturated rings. The maximum atomic E-state index is 13.0. The molecule has 0 N–H and O–H groups in total. The minimum Gasteiger partial charge on any atom is -0.304 e. The van der Waals surface area contributed by atoms with Gasteiger partial charge in [-0.05, 0) is 41.3 Å². The van der Waals surface area contributed by atoms with Crippen molar-refractivity contribution in [3.63, 3.8) is 0 Å². The summed E-state index contributed by atoms with van der Waals surface area (Å²) in [6, 6.07) is 17.0. The van der Waals surface area contributed by atoms with E-state index in [1.54, 1.807) is 11.0 Å². The van der Waals surface area contributed by atoms with Crippen LogP contribution in [0.2, 0.25) is 0 Å². The summed E-state index contributed by atoms with van der Waals surface area (Å²) in [6.07, 6.45) is 1.60. The Hall–Kier alpha value is -2.05. The summed E-state index contributed by atoms with van der Waals surface area (Å²) >= 11 is 1.46. The molecule has 0 unspecified atom stereocenters. The minimum atomic E-state index is -3.25. The van der Waals surface area contributed by atoms with Crippen LogP contribution < -0.4 is 4.90 Å². The first-order valence-electron chi connectivity index (χ1n) is 9.17. The van der Waals surface area contributed by atoms with E-state index < -0.39 is 15.9 Å². The van der Waals surface area contributed by atoms with Crippen LogP contribution in [0.1, 0.15) is 26.3 Å². The molecule has 2 aromatic carbocycles. The molecule has 0 aliphatic carbocycles. The largest absolute Gasteiger partial charge is 0.304 e. The molecule has 1 amide bonds. The molecule has 2 aromatic rings. The predicted octanol–water partition coefficient (Wildman–Crippen LogP) is 4.42. The number of benzene rings is 2. The summed E-state index contributed by atoms with van der Waals surface area (Å²) in [7, 11) is -3.25. The van der Waals surface area contributed by atoms with Gasteiger partial charge >= 0.3 is 0 Å². The lowest BCUT2D eigenvalue weighted by atomic mass is 9.87. The second-order valence-electron chi connectivity index (χ2n) is 7.89. The maximum Gasteiger partial charge on any atom is 0.237 e. The minimum absolute atomic E-state index is 0.0709. The lowest BCUT2D eigenvalue weighted by Gasteiger charge is -2.27. The number of rotatable bonds is 5. The molecular formula is C22H25NO3S2. The Morgan fingerprint density at radius 2 is 1.71 bits per heavy atom. The number of sulfone groups is 1. The van der Waals surface area contributed by atoms with Crippen molar-refractivity contribution in [3.05, 3.63) is 71.6 Å². The number of amides is 1. The molecule has 1 heterocycles. The van der Waals surface area contributed by atoms with Gasteiger partial charge in [0.15, 0.2) is 9.84 Å². The van der Waals surface area contributed by atoms with Crippen molar-refractivity contribution >= 4 is 33.2 Å². The van der Waals surface area contributed by atoms with Crippen LogP contribution in [0.5, 0.6) is 0 Å². The lowest BCUT2D eigenvalue weighted by Crippen LogP contribution is -2.42. The predicted molar refractivity (Wildman–Crippen MR) is 117 cm³/mol. The Bertz CT molecular complexity index is 959. The van der Waals surface area contributed by atoms with Crippen molar-refractivity contribution in [2.24, 2.45) is 0 Å². The number of carbonyl (C=O) groups is 1. The molecule has 28 heavy (non-hydrogen) atoms. The first-order valence-corrected chi connectivity index (χ1v) is 11.9. The van der Waals surface area contributed by atoms with Gasteiger partial charge in [0.25, 0.3) is 0 Å². The number of thioether (sulfide) groups is 1. The van der Waals surface area contributed by atoms with Gasteiger partial charge in [-0.1, -0.05) is 51.1 Å². The summed E-state index contributed by atoms with van der Waals surface area (Å²) < 4.78 is 23.7. The van der Waals surface area contributed by atoms with E-state index in [0.29, 0.717) is 5.69 Å². The number of hydrogen-bond donors (Lipinski definition) is 0. The van der Waals surface area contributed by atoms with Gasteiger partial charge in [-0.15, -0.1) is 11.8 Å². The van der Waals surface area contributed by atoms with Gasteiger partial charge in [-0.25, -0.2) is 8.42 Å². The molecule has 0 saturated heterocycles. The summed E-state index contributed by atoms with van der Waals surface area (Å²) in [6.45, 7) is 6.50. The average molecular weight is 416 g/mol. The molecular weight excluding hydrogens is 390 g/mol. The highest BCUT2D eigenvalue weighted by atomic mass is 32.2. The summed E-state index contributed by atoms with van der Waals surface area (Å²) in [5, 5.41) is 1.21. The number of carbonyl (C=O) groups excluding carboxylic acids is 1. The lowest BCUT2D eigenvalue weighted by molar-refractivity contribution is -0.116. The molecule has 0 saturated carbocycles. The molecule has 1 aliphatic heterocycles. The van der Waals surface area contributed by atoms with Gasteiger partial charge in [0, 0.05) is 16.0 Å². The third kappa shape index (κ3) is 5.06. The highest BCUT2D eigenvalue weighted by molar-refractivity contribution is 8.00. The molecule has 4 nitrogen and oxygen atoms in total. The van der Waals surface area contributed by atoms with E-state index in [1.165, 1.54) is 22.7 Å². The Balaban J connectivity index is 1.74. The number of para-hydroxylation sites is 1. The molecule has 0 aromatic heterocycles. The fourth-order valence-electron chi connectivity index (χ4n) is 3.09. The monoisotopic (exact) mass is 415 g/mol. The topological polar surface area (TPSA) is 54.5 Å². The second kappa shape index (κ2) is 8.13. The van der Waals surface area contributed by atoms with Crippen LogP contribution >= 0.6 is 11.8 Å². The summed E-state index contributed by atoms with van der Waals surface area (Å²) in [5.41, 5.74) is 2.04. The highest BCUT2D eigenvalue weighted by Crippen LogP contribution is 2.28. The van der Waals surface area contributed by atoms with Crippen molar-refractivity contribution in [2.75, 3.05) is 16.4 Å². The van der Waals surface area contributed by atoms with Crippen LogP contribution in [-0.2, 0) is 20.0 Å². The molecule has 0 bridgehead atoms. The van der Waals surface area contributed by atoms with E-state index in [-0.39, 0.29) is 22.8 Å². The third-order valence-corrected chi connectivity index (χ3v) is 7.00. The van der Waals surface area contributed by atoms with E-state index in [1.807, 2.05) is 42.5 Å². The van der Waals surface area contributed by atoms with Crippen molar-refractivity contribution in [1.82, 2.24) is 0 Å². The maximum absolute atomic E-state index is 13.0. The molecule has 0 spiro atoms. The van der Waals surface area contributed by atoms with Crippen molar-refractivity contribution in [2.45, 2.75) is 37.1 Å². The van der Waals surface area contributed by atoms with Crippen LogP contribution in [0.4, 0.5) is 5.69 Å². The van der Waals surface area contributed by atoms with Gasteiger partial charge in [0.05, 0.1) is 17.5 Å². The Morgan fingerprint density at radius 3 is 2.25 bits per heavy atom. The Labute approximate surface area is 171 Å². The van der Waals surface area contributed by atoms with Crippen molar-refractivity contribution in [1.29, 1.82) is 0 Å². The van der Waals surface area contributed by atoms with Gasteiger partial charge in [-0.2, -0.15) is 0 Å². The molecule has 1 atom stereocenters. The van der Waals surface area contributed by atoms with Crippen molar-refractivity contribution < 1.29 is 13.2 Å². The zero-order chi connectivity index (χ0) is 20.4. The van der Waals surface area contributed by atoms with E-state index in [0.717, 1.165) is 4.90 Å². The summed E-state index contributed by atoms with van der Waals surface area (Å²) in [4.78, 5) is 15.6. The quantitative estimate of drug-likeness (QED) is 0.679. The first kappa shape index (κ1) is 20.7. The second-order valence-corrected chi connectivity index (χ2v) is 10.9. The van der Waals surface area contributed by atoms with E-state index >= 15 is 0 Å². The normalized spacial score (nSPS) is 18.2. The SMILES string of the molecule is CC(C)(C)c1ccc(SCC(=O)N(c2ccccc2)[C@@H]2C=CS(=O)(=O)C2)cc1. The standard InChI is InChI=1S/C22H25NO3S2/c1-22(2,3)17-9-11-20(12-10-17)27-15-21(24)23(18-7-5-4-6-8-18)19-13-14-28(25,26)16-19/h4-14,19H,15-16H2,1-3H3/t19-/m1/s1. The Kier molecular flexibility index (Phi) is 6.01. The zero-order valence-corrected chi connectivity index (χ0v) is 18.0. The van der Waals surface area contributed by atoms with Gasteiger partial charge < -0.3 is 4.90 Å². The first-order chi connectivity index (χ1) is 13.2. The van der Waals surface area contributed by atoms with Crippen LogP contribution in [0.3, 0.4) is 0 Å². The van der Waals surface area contributed by atoms with Crippen LogP contribution in [0.15, 0.2) is 71.0 Å². The molecule has 148 valence electrons. The van der Waals surface area contributed by atoms with E-state index in [2.05, 4.69) is 32.9 Å². The highest BCUT2D eigenvalue weighted by Gasteiger charge is 2.31. The fraction of sp³-hybridized carbons (Fsp3) is 0.318. The average Bonchev–Trinajstić information content (AvgIpc) is 3.00. The number of anilines is 1.